The summed E-state index contributed by atoms with van der Waals surface area (Å²) in [5.41, 5.74) is -0.205. The van der Waals surface area contributed by atoms with Crippen LogP contribution < -0.4 is 0 Å². The van der Waals surface area contributed by atoms with Crippen LogP contribution in [0.15, 0.2) is 41.8 Å². The van der Waals surface area contributed by atoms with Gasteiger partial charge in [-0.1, -0.05) is 24.3 Å². The van der Waals surface area contributed by atoms with E-state index >= 15 is 0 Å². The van der Waals surface area contributed by atoms with E-state index in [0.717, 1.165) is 17.0 Å². The molecule has 2 rings (SSSR count). The predicted octanol–water partition coefficient (Wildman–Crippen LogP) is 4.04. The first kappa shape index (κ1) is 13.1. The van der Waals surface area contributed by atoms with Gasteiger partial charge in [-0.2, -0.15) is 13.2 Å². The maximum absolute atomic E-state index is 12.5. The summed E-state index contributed by atoms with van der Waals surface area (Å²) in [4.78, 5) is 0.757. The van der Waals surface area contributed by atoms with Crippen LogP contribution in [0.25, 0.3) is 0 Å². The van der Waals surface area contributed by atoms with E-state index in [1.807, 2.05) is 5.38 Å². The van der Waals surface area contributed by atoms with Crippen LogP contribution in [0.1, 0.15) is 22.1 Å². The van der Waals surface area contributed by atoms with Crippen LogP contribution in [0.4, 0.5) is 13.2 Å². The molecular formula is C13H11F3OS. The van der Waals surface area contributed by atoms with E-state index in [-0.39, 0.29) is 6.42 Å². The summed E-state index contributed by atoms with van der Waals surface area (Å²) in [5, 5.41) is 11.7. The van der Waals surface area contributed by atoms with E-state index in [1.54, 1.807) is 18.2 Å². The van der Waals surface area contributed by atoms with Gasteiger partial charge in [0.25, 0.3) is 0 Å². The quantitative estimate of drug-likeness (QED) is 0.894. The monoisotopic (exact) mass is 272 g/mol. The number of benzene rings is 1. The van der Waals surface area contributed by atoms with Crippen molar-refractivity contribution in [2.75, 3.05) is 0 Å². The standard InChI is InChI=1S/C13H11F3OS/c14-13(15,16)10-4-1-3-9(7-10)8-11(17)12-5-2-6-18-12/h1-7,11,17H,8H2. The molecule has 0 radical (unpaired) electrons. The normalized spacial score (nSPS) is 13.6. The fourth-order valence-electron chi connectivity index (χ4n) is 1.68. The van der Waals surface area contributed by atoms with Crippen molar-refractivity contribution in [1.82, 2.24) is 0 Å². The van der Waals surface area contributed by atoms with E-state index < -0.39 is 17.8 Å². The summed E-state index contributed by atoms with van der Waals surface area (Å²) in [6.07, 6.45) is -4.91. The molecule has 0 saturated heterocycles. The third-order valence-electron chi connectivity index (χ3n) is 2.55. The molecule has 1 N–H and O–H groups in total. The average molecular weight is 272 g/mol. The molecule has 1 unspecified atom stereocenters. The Balaban J connectivity index is 2.15. The highest BCUT2D eigenvalue weighted by Gasteiger charge is 2.30. The SMILES string of the molecule is OC(Cc1cccc(C(F)(F)F)c1)c1cccs1. The van der Waals surface area contributed by atoms with Crippen molar-refractivity contribution in [2.45, 2.75) is 18.7 Å². The Morgan fingerprint density at radius 3 is 2.56 bits per heavy atom. The molecule has 2 aromatic rings. The minimum atomic E-state index is -4.34. The Kier molecular flexibility index (Phi) is 3.73. The molecule has 1 heterocycles. The molecule has 96 valence electrons. The number of aliphatic hydroxyl groups excluding tert-OH is 1. The molecule has 0 bridgehead atoms. The highest BCUT2D eigenvalue weighted by Crippen LogP contribution is 2.30. The molecule has 5 heteroatoms. The maximum atomic E-state index is 12.5. The summed E-state index contributed by atoms with van der Waals surface area (Å²) in [6, 6.07) is 8.63. The van der Waals surface area contributed by atoms with E-state index in [4.69, 9.17) is 0 Å². The second kappa shape index (κ2) is 5.12. The van der Waals surface area contributed by atoms with Crippen LogP contribution in [-0.2, 0) is 12.6 Å². The van der Waals surface area contributed by atoms with E-state index in [9.17, 15) is 18.3 Å². The average Bonchev–Trinajstić information content (AvgIpc) is 2.81. The van der Waals surface area contributed by atoms with Crippen LogP contribution in [0.5, 0.6) is 0 Å². The van der Waals surface area contributed by atoms with Crippen molar-refractivity contribution in [2.24, 2.45) is 0 Å². The predicted molar refractivity (Wildman–Crippen MR) is 64.4 cm³/mol. The van der Waals surface area contributed by atoms with E-state index in [2.05, 4.69) is 0 Å². The largest absolute Gasteiger partial charge is 0.416 e. The number of thiophene rings is 1. The first-order valence-electron chi connectivity index (χ1n) is 5.34. The zero-order chi connectivity index (χ0) is 13.2. The molecule has 0 amide bonds. The molecule has 0 aliphatic heterocycles. The van der Waals surface area contributed by atoms with E-state index in [1.165, 1.54) is 17.4 Å². The second-order valence-electron chi connectivity index (χ2n) is 3.93. The zero-order valence-electron chi connectivity index (χ0n) is 9.32. The first-order chi connectivity index (χ1) is 8.47. The van der Waals surface area contributed by atoms with Crippen LogP contribution in [0.2, 0.25) is 0 Å². The third kappa shape index (κ3) is 3.11. The Bertz CT molecular complexity index is 505. The lowest BCUT2D eigenvalue weighted by Crippen LogP contribution is -2.06. The molecule has 18 heavy (non-hydrogen) atoms. The Morgan fingerprint density at radius 1 is 1.17 bits per heavy atom. The lowest BCUT2D eigenvalue weighted by Gasteiger charge is -2.11. The number of aliphatic hydroxyl groups is 1. The highest BCUT2D eigenvalue weighted by molar-refractivity contribution is 7.10. The first-order valence-corrected chi connectivity index (χ1v) is 6.22. The number of rotatable bonds is 3. The van der Waals surface area contributed by atoms with Crippen molar-refractivity contribution in [3.8, 4) is 0 Å². The fraction of sp³-hybridized carbons (Fsp3) is 0.231. The summed E-state index contributed by atoms with van der Waals surface area (Å²) < 4.78 is 37.6. The van der Waals surface area contributed by atoms with Crippen molar-refractivity contribution in [3.63, 3.8) is 0 Å². The second-order valence-corrected chi connectivity index (χ2v) is 4.91. The van der Waals surface area contributed by atoms with Gasteiger partial charge < -0.3 is 5.11 Å². The Labute approximate surface area is 107 Å². The van der Waals surface area contributed by atoms with Gasteiger partial charge in [0.05, 0.1) is 11.7 Å². The molecule has 1 atom stereocenters. The molecular weight excluding hydrogens is 261 g/mol. The van der Waals surface area contributed by atoms with Gasteiger partial charge >= 0.3 is 6.18 Å². The lowest BCUT2D eigenvalue weighted by molar-refractivity contribution is -0.137. The topological polar surface area (TPSA) is 20.2 Å². The maximum Gasteiger partial charge on any atom is 0.416 e. The molecule has 1 nitrogen and oxygen atoms in total. The van der Waals surface area contributed by atoms with Gasteiger partial charge in [-0.05, 0) is 23.1 Å². The number of alkyl halides is 3. The third-order valence-corrected chi connectivity index (χ3v) is 3.53. The summed E-state index contributed by atoms with van der Waals surface area (Å²) >= 11 is 1.39. The zero-order valence-corrected chi connectivity index (χ0v) is 10.1. The van der Waals surface area contributed by atoms with Crippen molar-refractivity contribution in [3.05, 3.63) is 57.8 Å². The van der Waals surface area contributed by atoms with E-state index in [0.29, 0.717) is 5.56 Å². The van der Waals surface area contributed by atoms with Gasteiger partial charge in [0.1, 0.15) is 0 Å². The Morgan fingerprint density at radius 2 is 1.94 bits per heavy atom. The number of hydrogen-bond donors (Lipinski definition) is 1. The molecule has 0 aliphatic carbocycles. The summed E-state index contributed by atoms with van der Waals surface area (Å²) in [5.74, 6) is 0. The van der Waals surface area contributed by atoms with Crippen molar-refractivity contribution in [1.29, 1.82) is 0 Å². The molecule has 0 spiro atoms. The van der Waals surface area contributed by atoms with Gasteiger partial charge in [0.15, 0.2) is 0 Å². The van der Waals surface area contributed by atoms with Crippen LogP contribution in [0.3, 0.4) is 0 Å². The van der Waals surface area contributed by atoms with Crippen LogP contribution in [0, 0.1) is 0 Å². The number of hydrogen-bond acceptors (Lipinski definition) is 2. The van der Waals surface area contributed by atoms with Crippen molar-refractivity contribution < 1.29 is 18.3 Å². The highest BCUT2D eigenvalue weighted by atomic mass is 32.1. The van der Waals surface area contributed by atoms with Gasteiger partial charge in [-0.3, -0.25) is 0 Å². The summed E-state index contributed by atoms with van der Waals surface area (Å²) in [6.45, 7) is 0. The van der Waals surface area contributed by atoms with Crippen molar-refractivity contribution >= 4 is 11.3 Å². The minimum absolute atomic E-state index is 0.185. The minimum Gasteiger partial charge on any atom is -0.387 e. The van der Waals surface area contributed by atoms with Gasteiger partial charge in [-0.15, -0.1) is 11.3 Å². The fourth-order valence-corrected chi connectivity index (χ4v) is 2.39. The lowest BCUT2D eigenvalue weighted by atomic mass is 10.0. The number of halogens is 3. The molecule has 0 aliphatic rings. The van der Waals surface area contributed by atoms with Gasteiger partial charge in [0.2, 0.25) is 0 Å². The smallest absolute Gasteiger partial charge is 0.387 e. The van der Waals surface area contributed by atoms with Crippen LogP contribution >= 0.6 is 11.3 Å². The molecule has 1 aromatic carbocycles. The van der Waals surface area contributed by atoms with Gasteiger partial charge in [-0.25, -0.2) is 0 Å². The molecule has 1 aromatic heterocycles. The van der Waals surface area contributed by atoms with Crippen LogP contribution in [-0.4, -0.2) is 5.11 Å². The Hall–Kier alpha value is -1.33. The molecule has 0 fully saturated rings. The van der Waals surface area contributed by atoms with Gasteiger partial charge in [0, 0.05) is 11.3 Å². The molecule has 0 saturated carbocycles. The summed E-state index contributed by atoms with van der Waals surface area (Å²) in [7, 11) is 0.